The largest absolute Gasteiger partial charge is 0.444 e. The molecule has 1 rings (SSSR count). The number of unbranched alkanes of at least 4 members (excludes halogenated alkanes) is 4. The van der Waals surface area contributed by atoms with E-state index in [9.17, 15) is 14.4 Å². The highest BCUT2D eigenvalue weighted by molar-refractivity contribution is 7.98. The van der Waals surface area contributed by atoms with Crippen LogP contribution in [0.4, 0.5) is 4.79 Å². The van der Waals surface area contributed by atoms with Gasteiger partial charge < -0.3 is 20.3 Å². The third-order valence-corrected chi connectivity index (χ3v) is 7.11. The second kappa shape index (κ2) is 18.6. The minimum atomic E-state index is -0.928. The second-order valence-electron chi connectivity index (χ2n) is 11.3. The molecule has 0 bridgehead atoms. The normalized spacial score (nSPS) is 13.4. The molecule has 40 heavy (non-hydrogen) atoms. The summed E-state index contributed by atoms with van der Waals surface area (Å²) in [5.74, 6) is 2.77. The fraction of sp³-hybridized carbons (Fsp3) is 0.656. The molecule has 0 radical (unpaired) electrons. The van der Waals surface area contributed by atoms with Gasteiger partial charge in [-0.1, -0.05) is 70.1 Å². The summed E-state index contributed by atoms with van der Waals surface area (Å²) in [5, 5.41) is 5.91. The van der Waals surface area contributed by atoms with Gasteiger partial charge in [0.1, 0.15) is 17.7 Å². The van der Waals surface area contributed by atoms with Crippen molar-refractivity contribution in [2.45, 2.75) is 117 Å². The number of nitrogens with zero attached hydrogens (tertiary/aromatic N) is 1. The number of terminal acetylenes is 1. The molecular weight excluding hydrogens is 522 g/mol. The Kier molecular flexibility index (Phi) is 16.5. The maximum absolute atomic E-state index is 14.3. The zero-order valence-corrected chi connectivity index (χ0v) is 26.5. The Balaban J connectivity index is 3.55. The van der Waals surface area contributed by atoms with E-state index < -0.39 is 23.8 Å². The van der Waals surface area contributed by atoms with Gasteiger partial charge in [0.2, 0.25) is 11.8 Å². The Bertz CT molecular complexity index is 970. The molecule has 0 aliphatic heterocycles. The molecule has 0 fully saturated rings. The predicted molar refractivity (Wildman–Crippen MR) is 166 cm³/mol. The summed E-state index contributed by atoms with van der Waals surface area (Å²) < 4.78 is 5.48. The Morgan fingerprint density at radius 2 is 1.70 bits per heavy atom. The Hall–Kier alpha value is -2.66. The third kappa shape index (κ3) is 12.7. The summed E-state index contributed by atoms with van der Waals surface area (Å²) in [5.41, 5.74) is 0.462. The number of thioether (sulfide) groups is 1. The van der Waals surface area contributed by atoms with Crippen LogP contribution in [0.15, 0.2) is 24.3 Å². The van der Waals surface area contributed by atoms with E-state index in [0.29, 0.717) is 29.8 Å². The van der Waals surface area contributed by atoms with Crippen molar-refractivity contribution < 1.29 is 19.1 Å². The first kappa shape index (κ1) is 35.4. The number of nitrogens with one attached hydrogen (secondary N) is 2. The van der Waals surface area contributed by atoms with Crippen LogP contribution in [-0.2, 0) is 14.3 Å². The second-order valence-corrected chi connectivity index (χ2v) is 12.2. The standard InChI is InChI=1S/C32H51N3O4S/c1-9-12-13-14-17-22-35(30(37)27(21-23-40-8)34-31(38)39-32(5,6)7)28(29(36)33-24(4)18-10-2)26-20-16-15-19-25(26)11-3/h3,15-16,19-20,24,27-28H,9-10,12-14,17-18,21-23H2,1-2,4-8H3,(H,33,36)(H,34,38). The average molecular weight is 574 g/mol. The molecule has 3 unspecified atom stereocenters. The highest BCUT2D eigenvalue weighted by atomic mass is 32.2. The van der Waals surface area contributed by atoms with Crippen LogP contribution in [0.5, 0.6) is 0 Å². The zero-order valence-electron chi connectivity index (χ0n) is 25.7. The summed E-state index contributed by atoms with van der Waals surface area (Å²) in [6.45, 7) is 11.9. The first-order chi connectivity index (χ1) is 19.0. The van der Waals surface area contributed by atoms with E-state index in [0.717, 1.165) is 44.9 Å². The number of amides is 3. The van der Waals surface area contributed by atoms with Crippen molar-refractivity contribution in [1.82, 2.24) is 15.5 Å². The highest BCUT2D eigenvalue weighted by Gasteiger charge is 2.37. The SMILES string of the molecule is C#Cc1ccccc1C(C(=O)NC(C)CCC)N(CCCCCCC)C(=O)C(CCSC)NC(=O)OC(C)(C)C. The lowest BCUT2D eigenvalue weighted by Crippen LogP contribution is -2.54. The minimum Gasteiger partial charge on any atom is -0.444 e. The van der Waals surface area contributed by atoms with Gasteiger partial charge in [0.15, 0.2) is 0 Å². The maximum Gasteiger partial charge on any atom is 0.408 e. The lowest BCUT2D eigenvalue weighted by atomic mass is 9.96. The number of carbonyl (C=O) groups excluding carboxylic acids is 3. The van der Waals surface area contributed by atoms with E-state index in [4.69, 9.17) is 11.2 Å². The quantitative estimate of drug-likeness (QED) is 0.165. The number of benzene rings is 1. The molecular formula is C32H51N3O4S. The van der Waals surface area contributed by atoms with Gasteiger partial charge in [-0.25, -0.2) is 4.79 Å². The van der Waals surface area contributed by atoms with Gasteiger partial charge in [-0.15, -0.1) is 6.42 Å². The molecule has 0 aliphatic carbocycles. The van der Waals surface area contributed by atoms with Crippen LogP contribution in [-0.4, -0.2) is 59.0 Å². The van der Waals surface area contributed by atoms with Gasteiger partial charge in [-0.05, 0) is 70.6 Å². The van der Waals surface area contributed by atoms with E-state index >= 15 is 0 Å². The summed E-state index contributed by atoms with van der Waals surface area (Å²) in [6.07, 6.45) is 14.2. The number of rotatable bonds is 17. The van der Waals surface area contributed by atoms with Crippen LogP contribution in [0.25, 0.3) is 0 Å². The predicted octanol–water partition coefficient (Wildman–Crippen LogP) is 6.46. The molecule has 1 aromatic rings. The smallest absolute Gasteiger partial charge is 0.408 e. The van der Waals surface area contributed by atoms with Crippen molar-refractivity contribution >= 4 is 29.7 Å². The fourth-order valence-corrected chi connectivity index (χ4v) is 5.01. The topological polar surface area (TPSA) is 87.7 Å². The van der Waals surface area contributed by atoms with Gasteiger partial charge in [0.05, 0.1) is 0 Å². The molecule has 0 saturated heterocycles. The number of carbonyl (C=O) groups is 3. The van der Waals surface area contributed by atoms with Crippen molar-refractivity contribution in [3.8, 4) is 12.3 Å². The summed E-state index contributed by atoms with van der Waals surface area (Å²) in [6, 6.07) is 5.43. The van der Waals surface area contributed by atoms with Crippen LogP contribution in [0.1, 0.15) is 110 Å². The summed E-state index contributed by atoms with van der Waals surface area (Å²) in [4.78, 5) is 42.6. The number of hydrogen-bond donors (Lipinski definition) is 2. The third-order valence-electron chi connectivity index (χ3n) is 6.47. The highest BCUT2D eigenvalue weighted by Crippen LogP contribution is 2.27. The minimum absolute atomic E-state index is 0.0633. The molecule has 2 N–H and O–H groups in total. The molecule has 224 valence electrons. The molecule has 8 heteroatoms. The maximum atomic E-state index is 14.3. The Labute approximate surface area is 246 Å². The van der Waals surface area contributed by atoms with E-state index in [-0.39, 0.29) is 17.9 Å². The van der Waals surface area contributed by atoms with Crippen molar-refractivity contribution in [3.05, 3.63) is 35.4 Å². The average Bonchev–Trinajstić information content (AvgIpc) is 2.89. The van der Waals surface area contributed by atoms with Gasteiger partial charge in [0.25, 0.3) is 0 Å². The van der Waals surface area contributed by atoms with Gasteiger partial charge in [-0.3, -0.25) is 9.59 Å². The van der Waals surface area contributed by atoms with Gasteiger partial charge in [-0.2, -0.15) is 11.8 Å². The van der Waals surface area contributed by atoms with Crippen LogP contribution in [0, 0.1) is 12.3 Å². The lowest BCUT2D eigenvalue weighted by molar-refractivity contribution is -0.143. The number of hydrogen-bond acceptors (Lipinski definition) is 5. The monoisotopic (exact) mass is 573 g/mol. The molecule has 0 saturated carbocycles. The van der Waals surface area contributed by atoms with Crippen molar-refractivity contribution in [2.24, 2.45) is 0 Å². The first-order valence-corrected chi connectivity index (χ1v) is 16.0. The number of alkyl carbamates (subject to hydrolysis) is 1. The molecule has 3 atom stereocenters. The summed E-state index contributed by atoms with van der Waals surface area (Å²) in [7, 11) is 0. The summed E-state index contributed by atoms with van der Waals surface area (Å²) >= 11 is 1.59. The number of ether oxygens (including phenoxy) is 1. The molecule has 0 heterocycles. The molecule has 7 nitrogen and oxygen atoms in total. The van der Waals surface area contributed by atoms with E-state index in [1.165, 1.54) is 0 Å². The van der Waals surface area contributed by atoms with Crippen molar-refractivity contribution in [3.63, 3.8) is 0 Å². The van der Waals surface area contributed by atoms with E-state index in [1.807, 2.05) is 31.4 Å². The fourth-order valence-electron chi connectivity index (χ4n) is 4.54. The van der Waals surface area contributed by atoms with Crippen LogP contribution < -0.4 is 10.6 Å². The molecule has 0 aliphatic rings. The van der Waals surface area contributed by atoms with Crippen LogP contribution >= 0.6 is 11.8 Å². The van der Waals surface area contributed by atoms with Crippen molar-refractivity contribution in [1.29, 1.82) is 0 Å². The lowest BCUT2D eigenvalue weighted by Gasteiger charge is -2.35. The van der Waals surface area contributed by atoms with Crippen LogP contribution in [0.3, 0.4) is 0 Å². The van der Waals surface area contributed by atoms with Crippen molar-refractivity contribution in [2.75, 3.05) is 18.6 Å². The molecule has 0 aromatic heterocycles. The molecule has 1 aromatic carbocycles. The van der Waals surface area contributed by atoms with E-state index in [1.54, 1.807) is 43.5 Å². The molecule has 3 amide bonds. The van der Waals surface area contributed by atoms with E-state index in [2.05, 4.69) is 30.4 Å². The molecule has 0 spiro atoms. The van der Waals surface area contributed by atoms with Gasteiger partial charge >= 0.3 is 6.09 Å². The zero-order chi connectivity index (χ0) is 30.1. The van der Waals surface area contributed by atoms with Gasteiger partial charge in [0, 0.05) is 18.2 Å². The first-order valence-electron chi connectivity index (χ1n) is 14.6. The van der Waals surface area contributed by atoms with Crippen LogP contribution in [0.2, 0.25) is 0 Å². The Morgan fingerprint density at radius 3 is 2.30 bits per heavy atom. The Morgan fingerprint density at radius 1 is 1.02 bits per heavy atom.